The number of hydrogen-bond acceptors (Lipinski definition) is 5. The lowest BCUT2D eigenvalue weighted by Gasteiger charge is -2.09. The normalized spacial score (nSPS) is 11.9. The molecule has 2 heterocycles. The molecule has 0 saturated heterocycles. The summed E-state index contributed by atoms with van der Waals surface area (Å²) in [6, 6.07) is 4.66. The maximum atomic E-state index is 12.6. The van der Waals surface area contributed by atoms with Crippen molar-refractivity contribution in [1.29, 1.82) is 0 Å². The Morgan fingerprint density at radius 2 is 1.69 bits per heavy atom. The van der Waals surface area contributed by atoms with Crippen molar-refractivity contribution < 1.29 is 13.2 Å². The summed E-state index contributed by atoms with van der Waals surface area (Å²) >= 11 is 4.64. The van der Waals surface area contributed by atoms with Crippen LogP contribution in [-0.4, -0.2) is 23.5 Å². The maximum Gasteiger partial charge on any atom is 0.328 e. The molecule has 2 aromatic heterocycles. The van der Waals surface area contributed by atoms with Gasteiger partial charge < -0.3 is 0 Å². The zero-order chi connectivity index (χ0) is 19.4. The van der Waals surface area contributed by atoms with E-state index in [4.69, 9.17) is 0 Å². The summed E-state index contributed by atoms with van der Waals surface area (Å²) in [4.78, 5) is 26.2. The van der Waals surface area contributed by atoms with Crippen LogP contribution in [0, 0.1) is 13.8 Å². The SMILES string of the molecule is Cc1cc(S(=O)(=O)NC(=O)c2cc3c(cc2Br)n(C)c(=O)n3C)c(C)s1. The highest BCUT2D eigenvalue weighted by molar-refractivity contribution is 9.10. The van der Waals surface area contributed by atoms with Crippen LogP contribution in [0.2, 0.25) is 0 Å². The molecule has 0 aliphatic carbocycles. The standard InChI is InChI=1S/C16H16BrN3O4S2/c1-8-5-14(9(2)25-8)26(23,24)18-15(21)10-6-12-13(7-11(10)17)20(4)16(22)19(12)3/h5-7H,1-4H3,(H,18,21). The highest BCUT2D eigenvalue weighted by Crippen LogP contribution is 2.27. The van der Waals surface area contributed by atoms with Crippen LogP contribution < -0.4 is 10.4 Å². The van der Waals surface area contributed by atoms with Gasteiger partial charge in [0.15, 0.2) is 0 Å². The average Bonchev–Trinajstić information content (AvgIpc) is 2.99. The van der Waals surface area contributed by atoms with E-state index in [-0.39, 0.29) is 16.1 Å². The van der Waals surface area contributed by atoms with E-state index in [1.54, 1.807) is 34.0 Å². The number of benzene rings is 1. The third kappa shape index (κ3) is 3.01. The zero-order valence-electron chi connectivity index (χ0n) is 14.5. The first-order chi connectivity index (χ1) is 12.0. The highest BCUT2D eigenvalue weighted by Gasteiger charge is 2.24. The molecule has 0 fully saturated rings. The summed E-state index contributed by atoms with van der Waals surface area (Å²) in [7, 11) is -0.765. The van der Waals surface area contributed by atoms with Crippen molar-refractivity contribution in [1.82, 2.24) is 13.9 Å². The van der Waals surface area contributed by atoms with E-state index in [1.807, 2.05) is 0 Å². The second kappa shape index (κ2) is 6.36. The fourth-order valence-corrected chi connectivity index (χ4v) is 5.83. The summed E-state index contributed by atoms with van der Waals surface area (Å²) in [6.45, 7) is 3.50. The van der Waals surface area contributed by atoms with Gasteiger partial charge in [0.1, 0.15) is 4.90 Å². The number of fused-ring (bicyclic) bond motifs is 1. The number of carbonyl (C=O) groups excluding carboxylic acids is 1. The summed E-state index contributed by atoms with van der Waals surface area (Å²) in [5.74, 6) is -0.765. The molecule has 0 saturated carbocycles. The van der Waals surface area contributed by atoms with Crippen molar-refractivity contribution in [2.24, 2.45) is 14.1 Å². The van der Waals surface area contributed by atoms with Gasteiger partial charge in [-0.15, -0.1) is 11.3 Å². The lowest BCUT2D eigenvalue weighted by Crippen LogP contribution is -2.31. The number of nitrogens with zero attached hydrogens (tertiary/aromatic N) is 2. The number of amides is 1. The Balaban J connectivity index is 2.05. The molecule has 1 N–H and O–H groups in total. The van der Waals surface area contributed by atoms with E-state index in [1.165, 1.54) is 32.6 Å². The zero-order valence-corrected chi connectivity index (χ0v) is 17.7. The predicted octanol–water partition coefficient (Wildman–Crippen LogP) is 2.44. The van der Waals surface area contributed by atoms with Crippen molar-refractivity contribution in [2.75, 3.05) is 0 Å². The Labute approximate surface area is 162 Å². The van der Waals surface area contributed by atoms with E-state index in [2.05, 4.69) is 20.7 Å². The monoisotopic (exact) mass is 457 g/mol. The van der Waals surface area contributed by atoms with Gasteiger partial charge in [-0.3, -0.25) is 13.9 Å². The lowest BCUT2D eigenvalue weighted by molar-refractivity contribution is 0.0981. The lowest BCUT2D eigenvalue weighted by atomic mass is 10.2. The van der Waals surface area contributed by atoms with Gasteiger partial charge in [0.05, 0.1) is 16.6 Å². The first-order valence-electron chi connectivity index (χ1n) is 7.52. The van der Waals surface area contributed by atoms with E-state index in [0.717, 1.165) is 4.88 Å². The molecule has 0 radical (unpaired) electrons. The molecule has 1 aromatic carbocycles. The largest absolute Gasteiger partial charge is 0.328 e. The van der Waals surface area contributed by atoms with Crippen molar-refractivity contribution in [2.45, 2.75) is 18.7 Å². The molecule has 1 amide bonds. The molecule has 138 valence electrons. The molecular formula is C16H16BrN3O4S2. The number of carbonyl (C=O) groups is 1. The van der Waals surface area contributed by atoms with Crippen LogP contribution in [-0.2, 0) is 24.1 Å². The van der Waals surface area contributed by atoms with Crippen LogP contribution in [0.25, 0.3) is 11.0 Å². The third-order valence-electron chi connectivity index (χ3n) is 4.12. The number of thiophene rings is 1. The van der Waals surface area contributed by atoms with Gasteiger partial charge in [0, 0.05) is 28.3 Å². The Hall–Kier alpha value is -1.91. The smallest absolute Gasteiger partial charge is 0.295 e. The Kier molecular flexibility index (Phi) is 4.62. The van der Waals surface area contributed by atoms with Gasteiger partial charge >= 0.3 is 5.69 Å². The number of imidazole rings is 1. The van der Waals surface area contributed by atoms with E-state index in [0.29, 0.717) is 20.4 Å². The number of rotatable bonds is 3. The number of hydrogen-bond donors (Lipinski definition) is 1. The number of aromatic nitrogens is 2. The van der Waals surface area contributed by atoms with Crippen LogP contribution in [0.15, 0.2) is 32.4 Å². The minimum Gasteiger partial charge on any atom is -0.295 e. The molecule has 7 nitrogen and oxygen atoms in total. The summed E-state index contributed by atoms with van der Waals surface area (Å²) in [5, 5.41) is 0. The Morgan fingerprint density at radius 1 is 1.12 bits per heavy atom. The van der Waals surface area contributed by atoms with Crippen molar-refractivity contribution in [3.05, 3.63) is 48.5 Å². The minimum atomic E-state index is -3.98. The second-order valence-corrected chi connectivity index (χ2v) is 9.90. The molecule has 26 heavy (non-hydrogen) atoms. The molecule has 0 atom stereocenters. The van der Waals surface area contributed by atoms with E-state index in [9.17, 15) is 18.0 Å². The topological polar surface area (TPSA) is 90.2 Å². The van der Waals surface area contributed by atoms with Crippen LogP contribution in [0.1, 0.15) is 20.1 Å². The molecule has 3 aromatic rings. The number of halogens is 1. The fraction of sp³-hybridized carbons (Fsp3) is 0.250. The predicted molar refractivity (Wildman–Crippen MR) is 104 cm³/mol. The molecule has 0 aliphatic rings. The first kappa shape index (κ1) is 18.9. The molecule has 0 spiro atoms. The van der Waals surface area contributed by atoms with E-state index >= 15 is 0 Å². The van der Waals surface area contributed by atoms with Gasteiger partial charge in [-0.1, -0.05) is 0 Å². The van der Waals surface area contributed by atoms with Crippen LogP contribution >= 0.6 is 27.3 Å². The highest BCUT2D eigenvalue weighted by atomic mass is 79.9. The van der Waals surface area contributed by atoms with Crippen molar-refractivity contribution in [3.63, 3.8) is 0 Å². The maximum absolute atomic E-state index is 12.6. The van der Waals surface area contributed by atoms with E-state index < -0.39 is 15.9 Å². The Morgan fingerprint density at radius 3 is 2.23 bits per heavy atom. The van der Waals surface area contributed by atoms with Crippen LogP contribution in [0.5, 0.6) is 0 Å². The van der Waals surface area contributed by atoms with Gasteiger partial charge in [-0.25, -0.2) is 17.9 Å². The minimum absolute atomic E-state index is 0.0951. The number of nitrogens with one attached hydrogen (secondary N) is 1. The summed E-state index contributed by atoms with van der Waals surface area (Å²) < 4.78 is 30.5. The third-order valence-corrected chi connectivity index (χ3v) is 7.33. The van der Waals surface area contributed by atoms with Crippen LogP contribution in [0.3, 0.4) is 0 Å². The number of sulfonamides is 1. The fourth-order valence-electron chi connectivity index (χ4n) is 2.80. The summed E-state index contributed by atoms with van der Waals surface area (Å²) in [5.41, 5.74) is 1.06. The molecule has 0 aliphatic heterocycles. The van der Waals surface area contributed by atoms with Gasteiger partial charge in [-0.2, -0.15) is 0 Å². The van der Waals surface area contributed by atoms with Gasteiger partial charge in [0.2, 0.25) is 0 Å². The molecule has 3 rings (SSSR count). The Bertz CT molecular complexity index is 1220. The quantitative estimate of drug-likeness (QED) is 0.653. The van der Waals surface area contributed by atoms with Gasteiger partial charge in [0.25, 0.3) is 15.9 Å². The molecular weight excluding hydrogens is 442 g/mol. The van der Waals surface area contributed by atoms with Gasteiger partial charge in [-0.05, 0) is 48.0 Å². The van der Waals surface area contributed by atoms with Crippen molar-refractivity contribution in [3.8, 4) is 0 Å². The molecule has 0 unspecified atom stereocenters. The molecule has 10 heteroatoms. The molecule has 0 bridgehead atoms. The second-order valence-electron chi connectivity index (χ2n) is 5.93. The van der Waals surface area contributed by atoms with Crippen molar-refractivity contribution >= 4 is 54.2 Å². The van der Waals surface area contributed by atoms with Crippen LogP contribution in [0.4, 0.5) is 0 Å². The first-order valence-corrected chi connectivity index (χ1v) is 10.6. The number of aryl methyl sites for hydroxylation is 4. The summed E-state index contributed by atoms with van der Waals surface area (Å²) in [6.07, 6.45) is 0. The average molecular weight is 458 g/mol.